The van der Waals surface area contributed by atoms with E-state index in [9.17, 15) is 9.59 Å². The molecule has 5 nitrogen and oxygen atoms in total. The Morgan fingerprint density at radius 3 is 2.33 bits per heavy atom. The number of hydrogen-bond acceptors (Lipinski definition) is 3. The van der Waals surface area contributed by atoms with Gasteiger partial charge in [-0.3, -0.25) is 9.59 Å². The Morgan fingerprint density at radius 1 is 1.12 bits per heavy atom. The Kier molecular flexibility index (Phi) is 6.37. The van der Waals surface area contributed by atoms with Crippen molar-refractivity contribution in [2.45, 2.75) is 51.5 Å². The molecule has 0 spiro atoms. The van der Waals surface area contributed by atoms with E-state index in [1.807, 2.05) is 24.3 Å². The van der Waals surface area contributed by atoms with Gasteiger partial charge >= 0.3 is 0 Å². The van der Waals surface area contributed by atoms with Crippen LogP contribution in [0.3, 0.4) is 0 Å². The van der Waals surface area contributed by atoms with Gasteiger partial charge < -0.3 is 16.0 Å². The lowest BCUT2D eigenvalue weighted by Gasteiger charge is -2.23. The van der Waals surface area contributed by atoms with Crippen molar-refractivity contribution < 1.29 is 9.59 Å². The Hall–Kier alpha value is -1.88. The molecule has 0 atom stereocenters. The average molecular weight is 331 g/mol. The summed E-state index contributed by atoms with van der Waals surface area (Å²) in [6.45, 7) is 8.68. The summed E-state index contributed by atoms with van der Waals surface area (Å²) in [5.74, 6) is -0.129. The Morgan fingerprint density at radius 2 is 1.75 bits per heavy atom. The Bertz CT molecular complexity index is 555. The standard InChI is InChI=1S/C19H29N3O2/c1-19(2,3)15-6-4-14(5-7-15)18(24)21-13-10-17(23)22-16-8-11-20-12-9-16/h4-7,16,20H,8-13H2,1-3H3,(H,21,24)(H,22,23). The van der Waals surface area contributed by atoms with Crippen LogP contribution in [0.4, 0.5) is 0 Å². The third-order valence-electron chi connectivity index (χ3n) is 4.35. The second kappa shape index (κ2) is 8.29. The van der Waals surface area contributed by atoms with E-state index >= 15 is 0 Å². The zero-order valence-corrected chi connectivity index (χ0v) is 14.9. The summed E-state index contributed by atoms with van der Waals surface area (Å²) in [6, 6.07) is 7.91. The van der Waals surface area contributed by atoms with Crippen molar-refractivity contribution in [3.05, 3.63) is 35.4 Å². The summed E-state index contributed by atoms with van der Waals surface area (Å²) in [4.78, 5) is 24.0. The molecule has 0 unspecified atom stereocenters. The normalized spacial score (nSPS) is 15.8. The third-order valence-corrected chi connectivity index (χ3v) is 4.35. The van der Waals surface area contributed by atoms with Gasteiger partial charge in [-0.15, -0.1) is 0 Å². The molecular formula is C19H29N3O2. The molecule has 132 valence electrons. The van der Waals surface area contributed by atoms with E-state index in [1.165, 1.54) is 5.56 Å². The molecule has 3 N–H and O–H groups in total. The second-order valence-corrected chi connectivity index (χ2v) is 7.43. The van der Waals surface area contributed by atoms with Gasteiger partial charge in [-0.2, -0.15) is 0 Å². The van der Waals surface area contributed by atoms with Crippen molar-refractivity contribution in [3.63, 3.8) is 0 Å². The van der Waals surface area contributed by atoms with Crippen LogP contribution in [0.15, 0.2) is 24.3 Å². The van der Waals surface area contributed by atoms with Gasteiger partial charge in [0.05, 0.1) is 0 Å². The van der Waals surface area contributed by atoms with Gasteiger partial charge in [0.15, 0.2) is 0 Å². The number of hydrogen-bond donors (Lipinski definition) is 3. The lowest BCUT2D eigenvalue weighted by Crippen LogP contribution is -2.43. The predicted molar refractivity (Wildman–Crippen MR) is 96.1 cm³/mol. The first-order valence-corrected chi connectivity index (χ1v) is 8.75. The maximum absolute atomic E-state index is 12.1. The molecule has 0 aliphatic carbocycles. The Balaban J connectivity index is 1.73. The first-order chi connectivity index (χ1) is 11.4. The van der Waals surface area contributed by atoms with Crippen LogP contribution < -0.4 is 16.0 Å². The van der Waals surface area contributed by atoms with Gasteiger partial charge in [-0.05, 0) is 49.0 Å². The topological polar surface area (TPSA) is 70.2 Å². The van der Waals surface area contributed by atoms with Gasteiger partial charge in [-0.1, -0.05) is 32.9 Å². The second-order valence-electron chi connectivity index (χ2n) is 7.43. The highest BCUT2D eigenvalue weighted by Crippen LogP contribution is 2.22. The summed E-state index contributed by atoms with van der Waals surface area (Å²) < 4.78 is 0. The van der Waals surface area contributed by atoms with Crippen molar-refractivity contribution in [3.8, 4) is 0 Å². The molecule has 1 saturated heterocycles. The summed E-state index contributed by atoms with van der Waals surface area (Å²) in [6.07, 6.45) is 2.26. The van der Waals surface area contributed by atoms with Crippen LogP contribution in [-0.4, -0.2) is 37.5 Å². The van der Waals surface area contributed by atoms with E-state index in [0.29, 0.717) is 18.5 Å². The monoisotopic (exact) mass is 331 g/mol. The van der Waals surface area contributed by atoms with E-state index in [0.717, 1.165) is 25.9 Å². The van der Waals surface area contributed by atoms with Crippen molar-refractivity contribution in [1.82, 2.24) is 16.0 Å². The van der Waals surface area contributed by atoms with E-state index < -0.39 is 0 Å². The van der Waals surface area contributed by atoms with Crippen LogP contribution in [0, 0.1) is 0 Å². The quantitative estimate of drug-likeness (QED) is 0.772. The van der Waals surface area contributed by atoms with Crippen LogP contribution in [0.2, 0.25) is 0 Å². The first-order valence-electron chi connectivity index (χ1n) is 8.75. The van der Waals surface area contributed by atoms with Gasteiger partial charge in [0.25, 0.3) is 5.91 Å². The van der Waals surface area contributed by atoms with Gasteiger partial charge in [-0.25, -0.2) is 0 Å². The molecular weight excluding hydrogens is 302 g/mol. The summed E-state index contributed by atoms with van der Waals surface area (Å²) >= 11 is 0. The molecule has 0 radical (unpaired) electrons. The van der Waals surface area contributed by atoms with Crippen LogP contribution in [0.1, 0.15) is 56.0 Å². The SMILES string of the molecule is CC(C)(C)c1ccc(C(=O)NCCC(=O)NC2CCNCC2)cc1. The van der Waals surface area contributed by atoms with Crippen molar-refractivity contribution in [2.75, 3.05) is 19.6 Å². The van der Waals surface area contributed by atoms with E-state index in [1.54, 1.807) is 0 Å². The minimum absolute atomic E-state index is 0.00489. The number of nitrogens with one attached hydrogen (secondary N) is 3. The number of rotatable bonds is 5. The number of carbonyl (C=O) groups excluding carboxylic acids is 2. The molecule has 0 bridgehead atoms. The molecule has 5 heteroatoms. The fraction of sp³-hybridized carbons (Fsp3) is 0.579. The van der Waals surface area contributed by atoms with Crippen molar-refractivity contribution in [1.29, 1.82) is 0 Å². The molecule has 1 aliphatic rings. The fourth-order valence-electron chi connectivity index (χ4n) is 2.78. The fourth-order valence-corrected chi connectivity index (χ4v) is 2.78. The number of benzene rings is 1. The van der Waals surface area contributed by atoms with Crippen LogP contribution in [0.5, 0.6) is 0 Å². The molecule has 24 heavy (non-hydrogen) atoms. The zero-order valence-electron chi connectivity index (χ0n) is 14.9. The van der Waals surface area contributed by atoms with Crippen LogP contribution in [0.25, 0.3) is 0 Å². The highest BCUT2D eigenvalue weighted by molar-refractivity contribution is 5.94. The minimum atomic E-state index is -0.134. The summed E-state index contributed by atoms with van der Waals surface area (Å²) in [5.41, 5.74) is 1.89. The van der Waals surface area contributed by atoms with Crippen molar-refractivity contribution >= 4 is 11.8 Å². The number of piperidine rings is 1. The molecule has 2 amide bonds. The number of carbonyl (C=O) groups is 2. The molecule has 1 heterocycles. The highest BCUT2D eigenvalue weighted by atomic mass is 16.2. The van der Waals surface area contributed by atoms with Gasteiger partial charge in [0.2, 0.25) is 5.91 Å². The molecule has 1 fully saturated rings. The minimum Gasteiger partial charge on any atom is -0.353 e. The zero-order chi connectivity index (χ0) is 17.6. The lowest BCUT2D eigenvalue weighted by atomic mass is 9.87. The van der Waals surface area contributed by atoms with Gasteiger partial charge in [0, 0.05) is 24.6 Å². The molecule has 0 aromatic heterocycles. The van der Waals surface area contributed by atoms with E-state index in [2.05, 4.69) is 36.7 Å². The largest absolute Gasteiger partial charge is 0.353 e. The molecule has 2 rings (SSSR count). The molecule has 1 aromatic rings. The molecule has 1 aliphatic heterocycles. The molecule has 1 aromatic carbocycles. The van der Waals surface area contributed by atoms with E-state index in [4.69, 9.17) is 0 Å². The van der Waals surface area contributed by atoms with Gasteiger partial charge in [0.1, 0.15) is 0 Å². The highest BCUT2D eigenvalue weighted by Gasteiger charge is 2.16. The lowest BCUT2D eigenvalue weighted by molar-refractivity contribution is -0.121. The van der Waals surface area contributed by atoms with E-state index in [-0.39, 0.29) is 23.3 Å². The van der Waals surface area contributed by atoms with Crippen LogP contribution in [-0.2, 0) is 10.2 Å². The van der Waals surface area contributed by atoms with Crippen molar-refractivity contribution in [2.24, 2.45) is 0 Å². The number of amides is 2. The maximum Gasteiger partial charge on any atom is 0.251 e. The summed E-state index contributed by atoms with van der Waals surface area (Å²) in [5, 5.41) is 9.11. The predicted octanol–water partition coefficient (Wildman–Crippen LogP) is 1.97. The average Bonchev–Trinajstić information content (AvgIpc) is 2.55. The third kappa shape index (κ3) is 5.64. The first kappa shape index (κ1) is 18.5. The Labute approximate surface area is 144 Å². The molecule has 0 saturated carbocycles. The summed E-state index contributed by atoms with van der Waals surface area (Å²) in [7, 11) is 0. The van der Waals surface area contributed by atoms with Crippen LogP contribution >= 0.6 is 0 Å². The maximum atomic E-state index is 12.1. The smallest absolute Gasteiger partial charge is 0.251 e.